The van der Waals surface area contributed by atoms with Crippen molar-refractivity contribution >= 4 is 28.8 Å². The second kappa shape index (κ2) is 7.72. The van der Waals surface area contributed by atoms with Crippen molar-refractivity contribution in [3.8, 4) is 6.07 Å². The van der Waals surface area contributed by atoms with Crippen molar-refractivity contribution in [2.75, 3.05) is 16.0 Å². The van der Waals surface area contributed by atoms with Crippen molar-refractivity contribution in [2.24, 2.45) is 5.41 Å². The zero-order valence-electron chi connectivity index (χ0n) is 16.7. The molecule has 1 atom stereocenters. The van der Waals surface area contributed by atoms with Crippen molar-refractivity contribution < 1.29 is 0 Å². The van der Waals surface area contributed by atoms with E-state index in [9.17, 15) is 9.59 Å². The zero-order chi connectivity index (χ0) is 21.2. The molecule has 0 aliphatic heterocycles. The molecule has 3 aromatic rings. The number of aromatic nitrogens is 2. The maximum Gasteiger partial charge on any atom is 0.253 e. The molecule has 1 aromatic heterocycles. The van der Waals surface area contributed by atoms with Crippen LogP contribution in [0.25, 0.3) is 0 Å². The summed E-state index contributed by atoms with van der Waals surface area (Å²) in [6, 6.07) is 10.6. The van der Waals surface area contributed by atoms with Gasteiger partial charge in [0.15, 0.2) is 0 Å². The number of nitriles is 1. The first kappa shape index (κ1) is 20.0. The van der Waals surface area contributed by atoms with Crippen LogP contribution in [-0.4, -0.2) is 16.0 Å². The second-order valence-electron chi connectivity index (χ2n) is 7.85. The normalized spacial score (nSPS) is 12.2. The lowest BCUT2D eigenvalue weighted by Gasteiger charge is -2.30. The predicted octanol–water partition coefficient (Wildman–Crippen LogP) is 3.28. The van der Waals surface area contributed by atoms with E-state index < -0.39 is 10.9 Å². The molecule has 0 aliphatic rings. The van der Waals surface area contributed by atoms with Crippen LogP contribution in [0.3, 0.4) is 0 Å². The maximum atomic E-state index is 12.1. The molecular weight excluding hydrogens is 368 g/mol. The first-order valence-corrected chi connectivity index (χ1v) is 9.16. The molecule has 0 saturated carbocycles. The van der Waals surface area contributed by atoms with E-state index >= 15 is 0 Å². The summed E-state index contributed by atoms with van der Waals surface area (Å²) in [5.74, 6) is 0.666. The largest absolute Gasteiger partial charge is 0.377 e. The molecule has 0 saturated heterocycles. The summed E-state index contributed by atoms with van der Waals surface area (Å²) in [6.45, 7) is 8.11. The van der Waals surface area contributed by atoms with Crippen LogP contribution in [0, 0.1) is 16.7 Å². The number of nitrogens with one attached hydrogen (secondary N) is 3. The third-order valence-corrected chi connectivity index (χ3v) is 4.73. The van der Waals surface area contributed by atoms with Crippen LogP contribution in [0.5, 0.6) is 0 Å². The van der Waals surface area contributed by atoms with Gasteiger partial charge in [-0.15, -0.1) is 0 Å². The Bertz CT molecular complexity index is 1150. The number of anilines is 5. The Morgan fingerprint density at radius 3 is 2.48 bits per heavy atom. The van der Waals surface area contributed by atoms with Crippen LogP contribution in [-0.2, 0) is 0 Å². The lowest BCUT2D eigenvalue weighted by molar-refractivity contribution is 0.359. The van der Waals surface area contributed by atoms with E-state index in [1.54, 1.807) is 30.3 Å². The molecule has 8 nitrogen and oxygen atoms in total. The van der Waals surface area contributed by atoms with Gasteiger partial charge in [0.25, 0.3) is 10.9 Å². The van der Waals surface area contributed by atoms with Gasteiger partial charge in [0.05, 0.1) is 11.6 Å². The van der Waals surface area contributed by atoms with E-state index in [2.05, 4.69) is 32.0 Å². The molecule has 8 heteroatoms. The third kappa shape index (κ3) is 4.41. The standard InChI is InChI=1S/C21H22N6O2/c1-12(21(2,3)4)24-16-17(19(29)18(16)28)26-15-8-9-23-20(27-15)25-14-7-5-6-13(10-14)11-22/h5-10,12,24H,1-4H3,(H2,23,25,26,27)/t12-/m1/s1. The number of rotatable bonds is 6. The first-order chi connectivity index (χ1) is 13.7. The molecule has 3 rings (SSSR count). The number of benzene rings is 1. The van der Waals surface area contributed by atoms with Crippen LogP contribution in [0.1, 0.15) is 33.3 Å². The fourth-order valence-corrected chi connectivity index (χ4v) is 2.49. The Balaban J connectivity index is 1.79. The lowest BCUT2D eigenvalue weighted by atomic mass is 9.87. The van der Waals surface area contributed by atoms with Crippen LogP contribution in [0.2, 0.25) is 0 Å². The predicted molar refractivity (Wildman–Crippen MR) is 114 cm³/mol. The van der Waals surface area contributed by atoms with Gasteiger partial charge in [-0.05, 0) is 36.6 Å². The molecule has 1 heterocycles. The lowest BCUT2D eigenvalue weighted by Crippen LogP contribution is -2.41. The fourth-order valence-electron chi connectivity index (χ4n) is 2.49. The third-order valence-electron chi connectivity index (χ3n) is 4.73. The van der Waals surface area contributed by atoms with Crippen molar-refractivity contribution in [1.29, 1.82) is 5.26 Å². The van der Waals surface area contributed by atoms with Crippen molar-refractivity contribution in [3.05, 3.63) is 62.5 Å². The van der Waals surface area contributed by atoms with E-state index in [1.165, 1.54) is 6.20 Å². The Morgan fingerprint density at radius 1 is 1.07 bits per heavy atom. The van der Waals surface area contributed by atoms with Gasteiger partial charge in [-0.1, -0.05) is 26.8 Å². The quantitative estimate of drug-likeness (QED) is 0.549. The van der Waals surface area contributed by atoms with E-state index in [1.807, 2.05) is 27.7 Å². The molecule has 2 aromatic carbocycles. The Hall–Kier alpha value is -3.73. The number of hydrogen-bond acceptors (Lipinski definition) is 8. The van der Waals surface area contributed by atoms with Crippen molar-refractivity contribution in [1.82, 2.24) is 9.97 Å². The monoisotopic (exact) mass is 390 g/mol. The van der Waals surface area contributed by atoms with Gasteiger partial charge >= 0.3 is 0 Å². The molecule has 148 valence electrons. The minimum Gasteiger partial charge on any atom is -0.377 e. The number of nitrogens with zero attached hydrogens (tertiary/aromatic N) is 3. The average molecular weight is 390 g/mol. The Kier molecular flexibility index (Phi) is 5.33. The molecular formula is C21H22N6O2. The van der Waals surface area contributed by atoms with Gasteiger partial charge in [0, 0.05) is 17.9 Å². The molecule has 0 spiro atoms. The van der Waals surface area contributed by atoms with Gasteiger partial charge in [-0.25, -0.2) is 4.98 Å². The molecule has 0 bridgehead atoms. The molecule has 0 aliphatic carbocycles. The van der Waals surface area contributed by atoms with Crippen molar-refractivity contribution in [2.45, 2.75) is 33.7 Å². The summed E-state index contributed by atoms with van der Waals surface area (Å²) in [7, 11) is 0. The van der Waals surface area contributed by atoms with Crippen molar-refractivity contribution in [3.63, 3.8) is 0 Å². The fraction of sp³-hybridized carbons (Fsp3) is 0.286. The molecule has 29 heavy (non-hydrogen) atoms. The smallest absolute Gasteiger partial charge is 0.253 e. The summed E-state index contributed by atoms with van der Waals surface area (Å²) < 4.78 is 0. The Labute approximate surface area is 168 Å². The zero-order valence-corrected chi connectivity index (χ0v) is 16.7. The van der Waals surface area contributed by atoms with Gasteiger partial charge in [0.1, 0.15) is 17.2 Å². The summed E-state index contributed by atoms with van der Waals surface area (Å²) in [4.78, 5) is 32.5. The molecule has 0 radical (unpaired) electrons. The topological polar surface area (TPSA) is 120 Å². The summed E-state index contributed by atoms with van der Waals surface area (Å²) in [5, 5.41) is 18.1. The summed E-state index contributed by atoms with van der Waals surface area (Å²) >= 11 is 0. The minimum atomic E-state index is -0.580. The highest BCUT2D eigenvalue weighted by Crippen LogP contribution is 2.26. The van der Waals surface area contributed by atoms with E-state index in [4.69, 9.17) is 5.26 Å². The summed E-state index contributed by atoms with van der Waals surface area (Å²) in [6.07, 6.45) is 1.53. The SMILES string of the molecule is C[C@@H](Nc1c(Nc2ccnc(Nc3cccc(C#N)c3)n2)c(=O)c1=O)C(C)(C)C. The summed E-state index contributed by atoms with van der Waals surface area (Å²) in [5.41, 5.74) is 0.441. The minimum absolute atomic E-state index is 0.0126. The molecule has 0 unspecified atom stereocenters. The molecule has 3 N–H and O–H groups in total. The van der Waals surface area contributed by atoms with Gasteiger partial charge in [-0.3, -0.25) is 9.59 Å². The van der Waals surface area contributed by atoms with Gasteiger partial charge in [0.2, 0.25) is 5.95 Å². The highest BCUT2D eigenvalue weighted by Gasteiger charge is 2.27. The second-order valence-corrected chi connectivity index (χ2v) is 7.85. The Morgan fingerprint density at radius 2 is 1.79 bits per heavy atom. The van der Waals surface area contributed by atoms with E-state index in [0.29, 0.717) is 23.0 Å². The highest BCUT2D eigenvalue weighted by molar-refractivity contribution is 5.78. The van der Waals surface area contributed by atoms with E-state index in [-0.39, 0.29) is 22.8 Å². The van der Waals surface area contributed by atoms with Crippen LogP contribution < -0.4 is 26.8 Å². The molecule has 0 amide bonds. The first-order valence-electron chi connectivity index (χ1n) is 9.16. The van der Waals surface area contributed by atoms with E-state index in [0.717, 1.165) is 0 Å². The molecule has 0 fully saturated rings. The maximum absolute atomic E-state index is 12.1. The number of hydrogen-bond donors (Lipinski definition) is 3. The average Bonchev–Trinajstić information content (AvgIpc) is 2.69. The van der Waals surface area contributed by atoms with Crippen LogP contribution >= 0.6 is 0 Å². The van der Waals surface area contributed by atoms with Crippen LogP contribution in [0.15, 0.2) is 46.1 Å². The highest BCUT2D eigenvalue weighted by atomic mass is 16.2. The van der Waals surface area contributed by atoms with Gasteiger partial charge < -0.3 is 16.0 Å². The van der Waals surface area contributed by atoms with Crippen LogP contribution in [0.4, 0.5) is 28.8 Å². The van der Waals surface area contributed by atoms with Gasteiger partial charge in [-0.2, -0.15) is 10.2 Å².